The van der Waals surface area contributed by atoms with E-state index in [0.29, 0.717) is 23.6 Å². The van der Waals surface area contributed by atoms with Crippen LogP contribution in [-0.2, 0) is 9.47 Å². The number of ether oxygens (including phenoxy) is 2. The molecule has 1 aromatic carbocycles. The number of hydrogen-bond acceptors (Lipinski definition) is 7. The van der Waals surface area contributed by atoms with Crippen molar-refractivity contribution < 1.29 is 18.7 Å². The van der Waals surface area contributed by atoms with Crippen LogP contribution in [-0.4, -0.2) is 73.3 Å². The highest BCUT2D eigenvalue weighted by Crippen LogP contribution is 2.44. The molecule has 6 nitrogen and oxygen atoms in total. The van der Waals surface area contributed by atoms with Crippen LogP contribution in [0.1, 0.15) is 75.8 Å². The summed E-state index contributed by atoms with van der Waals surface area (Å²) in [5, 5.41) is 0. The van der Waals surface area contributed by atoms with Gasteiger partial charge in [-0.2, -0.15) is 11.8 Å². The van der Waals surface area contributed by atoms with E-state index in [9.17, 15) is 9.18 Å². The SMILES string of the molecule is COC(=O)OC1(CSC)N=CN(C2CCCCC2)C1CC1CCC(C(c2cccc(F)c2)N(C)C)CC1. The molecule has 1 aliphatic heterocycles. The van der Waals surface area contributed by atoms with Gasteiger partial charge in [-0.3, -0.25) is 0 Å². The molecule has 3 aliphatic rings. The minimum absolute atomic E-state index is 0.0246. The topological polar surface area (TPSA) is 54.4 Å². The second-order valence-electron chi connectivity index (χ2n) is 11.3. The lowest BCUT2D eigenvalue weighted by molar-refractivity contribution is -0.0501. The minimum atomic E-state index is -0.908. The van der Waals surface area contributed by atoms with E-state index in [0.717, 1.165) is 37.7 Å². The van der Waals surface area contributed by atoms with Crippen molar-refractivity contribution in [1.29, 1.82) is 0 Å². The monoisotopic (exact) mass is 533 g/mol. The third-order valence-electron chi connectivity index (χ3n) is 8.71. The Morgan fingerprint density at radius 3 is 2.54 bits per heavy atom. The highest BCUT2D eigenvalue weighted by Gasteiger charge is 2.51. The van der Waals surface area contributed by atoms with Crippen molar-refractivity contribution in [2.75, 3.05) is 33.2 Å². The highest BCUT2D eigenvalue weighted by atomic mass is 32.2. The number of aliphatic imine (C=N–C) groups is 1. The van der Waals surface area contributed by atoms with Gasteiger partial charge in [-0.15, -0.1) is 0 Å². The third kappa shape index (κ3) is 6.62. The van der Waals surface area contributed by atoms with Crippen LogP contribution in [0.15, 0.2) is 29.3 Å². The summed E-state index contributed by atoms with van der Waals surface area (Å²) in [5.74, 6) is 1.47. The van der Waals surface area contributed by atoms with Crippen LogP contribution in [0.5, 0.6) is 0 Å². The van der Waals surface area contributed by atoms with Crippen LogP contribution in [0.2, 0.25) is 0 Å². The average molecular weight is 534 g/mol. The smallest absolute Gasteiger partial charge is 0.438 e. The fraction of sp³-hybridized carbons (Fsp3) is 0.724. The van der Waals surface area contributed by atoms with Gasteiger partial charge in [0.1, 0.15) is 5.82 Å². The van der Waals surface area contributed by atoms with Crippen molar-refractivity contribution >= 4 is 24.3 Å². The molecule has 3 atom stereocenters. The van der Waals surface area contributed by atoms with Crippen molar-refractivity contribution in [3.05, 3.63) is 35.6 Å². The number of hydrogen-bond donors (Lipinski definition) is 0. The predicted octanol–water partition coefficient (Wildman–Crippen LogP) is 6.51. The van der Waals surface area contributed by atoms with E-state index in [1.807, 2.05) is 18.7 Å². The molecule has 0 radical (unpaired) electrons. The zero-order valence-electron chi connectivity index (χ0n) is 22.9. The van der Waals surface area contributed by atoms with Crippen molar-refractivity contribution in [3.63, 3.8) is 0 Å². The van der Waals surface area contributed by atoms with E-state index in [1.165, 1.54) is 45.3 Å². The van der Waals surface area contributed by atoms with Gasteiger partial charge >= 0.3 is 6.16 Å². The summed E-state index contributed by atoms with van der Waals surface area (Å²) >= 11 is 1.66. The summed E-state index contributed by atoms with van der Waals surface area (Å²) in [6.07, 6.45) is 14.9. The Morgan fingerprint density at radius 2 is 1.92 bits per heavy atom. The molecular weight excluding hydrogens is 489 g/mol. The standard InChI is InChI=1S/C29H44FN3O3S/c1-32(2)27(23-9-8-10-24(30)18-23)22-15-13-21(14-16-22)17-26-29(19-37-4,36-28(34)35-3)31-20-33(26)25-11-6-5-7-12-25/h8-10,18,20-22,25-27H,5-7,11-17,19H2,1-4H3. The quantitative estimate of drug-likeness (QED) is 0.337. The van der Waals surface area contributed by atoms with Crippen molar-refractivity contribution in [2.45, 2.75) is 88.1 Å². The Hall–Kier alpha value is -1.80. The number of methoxy groups -OCH3 is 1. The Balaban J connectivity index is 1.49. The number of benzene rings is 1. The molecule has 0 N–H and O–H groups in total. The molecule has 0 amide bonds. The number of rotatable bonds is 9. The number of nitrogens with zero attached hydrogens (tertiary/aromatic N) is 3. The number of carbonyl (C=O) groups is 1. The first-order valence-electron chi connectivity index (χ1n) is 13.9. The number of carbonyl (C=O) groups excluding carboxylic acids is 1. The first kappa shape index (κ1) is 28.2. The van der Waals surface area contributed by atoms with Gasteiger partial charge in [-0.25, -0.2) is 14.2 Å². The highest BCUT2D eigenvalue weighted by molar-refractivity contribution is 7.98. The zero-order chi connectivity index (χ0) is 26.4. The van der Waals surface area contributed by atoms with Gasteiger partial charge in [0.2, 0.25) is 5.72 Å². The Morgan fingerprint density at radius 1 is 1.19 bits per heavy atom. The molecule has 0 aromatic heterocycles. The minimum Gasteiger partial charge on any atom is -0.438 e. The third-order valence-corrected chi connectivity index (χ3v) is 9.41. The van der Waals surface area contributed by atoms with Crippen LogP contribution < -0.4 is 0 Å². The molecule has 0 saturated heterocycles. The van der Waals surface area contributed by atoms with Crippen LogP contribution in [0.3, 0.4) is 0 Å². The van der Waals surface area contributed by atoms with E-state index < -0.39 is 11.9 Å². The molecule has 206 valence electrons. The summed E-state index contributed by atoms with van der Waals surface area (Å²) < 4.78 is 24.9. The Kier molecular flexibility index (Phi) is 9.79. The Bertz CT molecular complexity index is 917. The molecule has 2 aliphatic carbocycles. The van der Waals surface area contributed by atoms with Crippen LogP contribution >= 0.6 is 11.8 Å². The molecule has 0 bridgehead atoms. The van der Waals surface area contributed by atoms with Crippen molar-refractivity contribution in [2.24, 2.45) is 16.8 Å². The first-order chi connectivity index (χ1) is 17.9. The van der Waals surface area contributed by atoms with Gasteiger partial charge in [-0.1, -0.05) is 44.2 Å². The van der Waals surface area contributed by atoms with Gasteiger partial charge < -0.3 is 19.3 Å². The summed E-state index contributed by atoms with van der Waals surface area (Å²) in [6, 6.07) is 7.77. The maximum absolute atomic E-state index is 14.0. The predicted molar refractivity (Wildman–Crippen MR) is 148 cm³/mol. The molecule has 4 rings (SSSR count). The van der Waals surface area contributed by atoms with E-state index in [-0.39, 0.29) is 17.9 Å². The Labute approximate surface area is 226 Å². The van der Waals surface area contributed by atoms with Crippen molar-refractivity contribution in [1.82, 2.24) is 9.80 Å². The lowest BCUT2D eigenvalue weighted by Crippen LogP contribution is -2.54. The second kappa shape index (κ2) is 12.8. The molecule has 0 spiro atoms. The van der Waals surface area contributed by atoms with E-state index in [2.05, 4.69) is 30.0 Å². The molecule has 1 heterocycles. The molecule has 3 unspecified atom stereocenters. The van der Waals surface area contributed by atoms with Gasteiger partial charge in [0.05, 0.1) is 25.2 Å². The van der Waals surface area contributed by atoms with E-state index in [1.54, 1.807) is 17.8 Å². The summed E-state index contributed by atoms with van der Waals surface area (Å²) in [5.41, 5.74) is 0.153. The van der Waals surface area contributed by atoms with Crippen LogP contribution in [0.25, 0.3) is 0 Å². The largest absolute Gasteiger partial charge is 0.510 e. The van der Waals surface area contributed by atoms with Crippen LogP contribution in [0, 0.1) is 17.7 Å². The fourth-order valence-corrected chi connectivity index (χ4v) is 7.73. The summed E-state index contributed by atoms with van der Waals surface area (Å²) in [4.78, 5) is 21.9. The van der Waals surface area contributed by atoms with Gasteiger partial charge in [0.15, 0.2) is 0 Å². The molecule has 2 fully saturated rings. The van der Waals surface area contributed by atoms with Crippen molar-refractivity contribution in [3.8, 4) is 0 Å². The second-order valence-corrected chi connectivity index (χ2v) is 12.2. The number of halogens is 1. The maximum Gasteiger partial charge on any atom is 0.510 e. The lowest BCUT2D eigenvalue weighted by Gasteiger charge is -2.43. The van der Waals surface area contributed by atoms with Crippen LogP contribution in [0.4, 0.5) is 9.18 Å². The lowest BCUT2D eigenvalue weighted by atomic mass is 9.73. The zero-order valence-corrected chi connectivity index (χ0v) is 23.7. The van der Waals surface area contributed by atoms with Gasteiger partial charge in [0.25, 0.3) is 0 Å². The van der Waals surface area contributed by atoms with E-state index in [4.69, 9.17) is 14.5 Å². The van der Waals surface area contributed by atoms with Gasteiger partial charge in [-0.05, 0) is 82.0 Å². The summed E-state index contributed by atoms with van der Waals surface area (Å²) in [7, 11) is 5.56. The van der Waals surface area contributed by atoms with E-state index >= 15 is 0 Å². The molecule has 37 heavy (non-hydrogen) atoms. The normalized spacial score (nSPS) is 29.5. The maximum atomic E-state index is 14.0. The van der Waals surface area contributed by atoms with Gasteiger partial charge in [0, 0.05) is 12.1 Å². The first-order valence-corrected chi connectivity index (χ1v) is 15.3. The molecule has 8 heteroatoms. The average Bonchev–Trinajstić information content (AvgIpc) is 3.23. The fourth-order valence-electron chi connectivity index (χ4n) is 6.99. The number of thioether (sulfide) groups is 1. The molecular formula is C29H44FN3O3S. The summed E-state index contributed by atoms with van der Waals surface area (Å²) in [6.45, 7) is 0. The molecule has 2 saturated carbocycles. The molecule has 1 aromatic rings.